The van der Waals surface area contributed by atoms with Crippen molar-refractivity contribution in [1.29, 1.82) is 0 Å². The molecule has 40 heavy (non-hydrogen) atoms. The lowest BCUT2D eigenvalue weighted by molar-refractivity contribution is -0.00826. The number of carbonyl (C=O) groups is 1. The van der Waals surface area contributed by atoms with Gasteiger partial charge >= 0.3 is 6.09 Å². The maximum absolute atomic E-state index is 12.5. The highest BCUT2D eigenvalue weighted by Gasteiger charge is 2.30. The summed E-state index contributed by atoms with van der Waals surface area (Å²) in [5, 5.41) is 2.88. The largest absolute Gasteiger partial charge is 0.449 e. The summed E-state index contributed by atoms with van der Waals surface area (Å²) in [4.78, 5) is 27.3. The minimum atomic E-state index is -0.398. The molecule has 2 aliphatic rings. The quantitative estimate of drug-likeness (QED) is 0.331. The molecule has 4 aromatic rings. The number of anilines is 1. The highest BCUT2D eigenvalue weighted by Crippen LogP contribution is 2.44. The number of amides is 1. The predicted octanol–water partition coefficient (Wildman–Crippen LogP) is 4.58. The van der Waals surface area contributed by atoms with Gasteiger partial charge in [0.1, 0.15) is 24.7 Å². The van der Waals surface area contributed by atoms with Crippen LogP contribution in [0.15, 0.2) is 61.2 Å². The second-order valence-electron chi connectivity index (χ2n) is 9.89. The molecule has 1 aliphatic carbocycles. The molecule has 2 aromatic heterocycles. The zero-order valence-electron chi connectivity index (χ0n) is 23.3. The third-order valence-electron chi connectivity index (χ3n) is 7.40. The number of nitrogen functional groups attached to an aromatic ring is 1. The van der Waals surface area contributed by atoms with Gasteiger partial charge in [0.15, 0.2) is 11.5 Å². The molecule has 2 atom stereocenters. The van der Waals surface area contributed by atoms with E-state index in [4.69, 9.17) is 15.2 Å². The predicted molar refractivity (Wildman–Crippen MR) is 155 cm³/mol. The van der Waals surface area contributed by atoms with E-state index in [1.807, 2.05) is 49.7 Å². The lowest BCUT2D eigenvalue weighted by Crippen LogP contribution is -2.37. The molecule has 2 aromatic carbocycles. The van der Waals surface area contributed by atoms with E-state index in [2.05, 4.69) is 49.4 Å². The molecule has 3 heterocycles. The number of hydrogen-bond donors (Lipinski definition) is 2. The molecule has 10 heteroatoms. The Labute approximate surface area is 234 Å². The van der Waals surface area contributed by atoms with Crippen LogP contribution in [-0.4, -0.2) is 69.9 Å². The molecule has 1 unspecified atom stereocenters. The maximum Gasteiger partial charge on any atom is 0.407 e. The summed E-state index contributed by atoms with van der Waals surface area (Å²) in [6.07, 6.45) is 4.50. The normalized spacial score (nSPS) is 17.8. The van der Waals surface area contributed by atoms with Gasteiger partial charge in [-0.15, -0.1) is 0 Å². The molecule has 210 valence electrons. The van der Waals surface area contributed by atoms with Crippen LogP contribution in [0.2, 0.25) is 0 Å². The first kappa shape index (κ1) is 27.5. The van der Waals surface area contributed by atoms with Gasteiger partial charge in [0.2, 0.25) is 0 Å². The lowest BCUT2D eigenvalue weighted by atomic mass is 9.98. The van der Waals surface area contributed by atoms with E-state index in [0.29, 0.717) is 36.7 Å². The van der Waals surface area contributed by atoms with Crippen LogP contribution in [0.1, 0.15) is 50.0 Å². The third kappa shape index (κ3) is 5.64. The van der Waals surface area contributed by atoms with Crippen molar-refractivity contribution in [2.24, 2.45) is 0 Å². The number of ether oxygens (including phenoxy) is 2. The van der Waals surface area contributed by atoms with Gasteiger partial charge < -0.3 is 25.4 Å². The second kappa shape index (κ2) is 12.4. The number of alkyl carbamates (subject to hydrolysis) is 1. The van der Waals surface area contributed by atoms with Crippen LogP contribution in [-0.2, 0) is 9.47 Å². The van der Waals surface area contributed by atoms with Crippen molar-refractivity contribution in [2.45, 2.75) is 44.9 Å². The molecule has 0 saturated carbocycles. The standard InChI is InChI=1S/C28H31N7O3.C2H6/c1-34(14-18-10-11-24(38-18)35-17-33-25-26(29)31-16-32-27(25)35)13-12-30-28(36)37-15-23-21-8-4-2-6-19(21)20-7-3-5-9-22(20)23;1-2/h2-9,16-18,23-24H,10-15H2,1H3,(H,30,36)(H2,29,31,32);1-2H3/t18?,24-;/m1./s1. The fourth-order valence-electron chi connectivity index (χ4n) is 5.54. The van der Waals surface area contributed by atoms with Gasteiger partial charge in [0.05, 0.1) is 12.4 Å². The van der Waals surface area contributed by atoms with Crippen molar-refractivity contribution < 1.29 is 14.3 Å². The van der Waals surface area contributed by atoms with Crippen molar-refractivity contribution in [1.82, 2.24) is 29.7 Å². The number of aromatic nitrogens is 4. The van der Waals surface area contributed by atoms with Crippen LogP contribution in [0.5, 0.6) is 0 Å². The summed E-state index contributed by atoms with van der Waals surface area (Å²) < 4.78 is 13.8. The Morgan fingerprint density at radius 3 is 2.50 bits per heavy atom. The van der Waals surface area contributed by atoms with Crippen LogP contribution in [0, 0.1) is 0 Å². The van der Waals surface area contributed by atoms with Crippen LogP contribution in [0.25, 0.3) is 22.3 Å². The monoisotopic (exact) mass is 543 g/mol. The highest BCUT2D eigenvalue weighted by molar-refractivity contribution is 5.81. The summed E-state index contributed by atoms with van der Waals surface area (Å²) in [7, 11) is 2.02. The highest BCUT2D eigenvalue weighted by atomic mass is 16.5. The summed E-state index contributed by atoms with van der Waals surface area (Å²) in [6.45, 7) is 6.25. The Morgan fingerprint density at radius 1 is 1.07 bits per heavy atom. The molecular formula is C30H37N7O3. The molecule has 0 radical (unpaired) electrons. The third-order valence-corrected chi connectivity index (χ3v) is 7.40. The van der Waals surface area contributed by atoms with Crippen molar-refractivity contribution in [3.05, 3.63) is 72.3 Å². The summed E-state index contributed by atoms with van der Waals surface area (Å²) in [5.41, 5.74) is 12.0. The van der Waals surface area contributed by atoms with E-state index < -0.39 is 6.09 Å². The molecule has 3 N–H and O–H groups in total. The Bertz CT molecular complexity index is 1410. The van der Waals surface area contributed by atoms with Crippen molar-refractivity contribution in [3.63, 3.8) is 0 Å². The topological polar surface area (TPSA) is 120 Å². The van der Waals surface area contributed by atoms with E-state index in [-0.39, 0.29) is 18.2 Å². The fraction of sp³-hybridized carbons (Fsp3) is 0.400. The van der Waals surface area contributed by atoms with Gasteiger partial charge in [-0.2, -0.15) is 0 Å². The van der Waals surface area contributed by atoms with Crippen molar-refractivity contribution in [2.75, 3.05) is 39.0 Å². The number of imidazole rings is 1. The number of benzene rings is 2. The minimum absolute atomic E-state index is 0.0544. The average molecular weight is 544 g/mol. The fourth-order valence-corrected chi connectivity index (χ4v) is 5.54. The summed E-state index contributed by atoms with van der Waals surface area (Å²) in [6, 6.07) is 16.6. The molecule has 1 aliphatic heterocycles. The molecule has 0 spiro atoms. The number of hydrogen-bond acceptors (Lipinski definition) is 8. The minimum Gasteiger partial charge on any atom is -0.449 e. The van der Waals surface area contributed by atoms with Gasteiger partial charge in [0, 0.05) is 25.6 Å². The lowest BCUT2D eigenvalue weighted by Gasteiger charge is -2.22. The van der Waals surface area contributed by atoms with E-state index >= 15 is 0 Å². The molecule has 0 bridgehead atoms. The Balaban J connectivity index is 0.00000158. The Kier molecular flexibility index (Phi) is 8.57. The molecule has 10 nitrogen and oxygen atoms in total. The first-order valence-corrected chi connectivity index (χ1v) is 13.9. The second-order valence-corrected chi connectivity index (χ2v) is 9.89. The first-order chi connectivity index (χ1) is 19.6. The van der Waals surface area contributed by atoms with Gasteiger partial charge in [-0.25, -0.2) is 19.7 Å². The number of nitrogens with two attached hydrogens (primary N) is 1. The molecule has 1 amide bonds. The SMILES string of the molecule is CC.CN(CCNC(=O)OCC1c2ccccc2-c2ccccc21)CC1CC[C@H](n2cnc3c(N)ncnc32)O1. The molecule has 1 fully saturated rings. The van der Waals surface area contributed by atoms with E-state index in [1.54, 1.807) is 6.33 Å². The number of fused-ring (bicyclic) bond motifs is 4. The van der Waals surface area contributed by atoms with E-state index in [9.17, 15) is 4.79 Å². The van der Waals surface area contributed by atoms with Gasteiger partial charge in [0.25, 0.3) is 0 Å². The molecular weight excluding hydrogens is 506 g/mol. The smallest absolute Gasteiger partial charge is 0.407 e. The van der Waals surface area contributed by atoms with Crippen LogP contribution >= 0.6 is 0 Å². The number of likely N-dealkylation sites (N-methyl/N-ethyl adjacent to an activating group) is 1. The Hall–Kier alpha value is -4.02. The summed E-state index contributed by atoms with van der Waals surface area (Å²) in [5.74, 6) is 0.422. The zero-order chi connectivity index (χ0) is 28.1. The summed E-state index contributed by atoms with van der Waals surface area (Å²) >= 11 is 0. The van der Waals surface area contributed by atoms with Gasteiger partial charge in [-0.1, -0.05) is 62.4 Å². The number of rotatable bonds is 8. The first-order valence-electron chi connectivity index (χ1n) is 13.9. The maximum atomic E-state index is 12.5. The van der Waals surface area contributed by atoms with Crippen molar-refractivity contribution >= 4 is 23.1 Å². The van der Waals surface area contributed by atoms with E-state index in [0.717, 1.165) is 19.4 Å². The zero-order valence-corrected chi connectivity index (χ0v) is 23.3. The van der Waals surface area contributed by atoms with E-state index in [1.165, 1.54) is 28.6 Å². The van der Waals surface area contributed by atoms with Crippen LogP contribution < -0.4 is 11.1 Å². The van der Waals surface area contributed by atoms with Gasteiger partial charge in [-0.05, 0) is 42.1 Å². The van der Waals surface area contributed by atoms with Crippen molar-refractivity contribution in [3.8, 4) is 11.1 Å². The van der Waals surface area contributed by atoms with Gasteiger partial charge in [-0.3, -0.25) is 4.57 Å². The average Bonchev–Trinajstić information content (AvgIpc) is 3.69. The number of nitrogens with zero attached hydrogens (tertiary/aromatic N) is 5. The number of nitrogens with one attached hydrogen (secondary N) is 1. The molecule has 6 rings (SSSR count). The Morgan fingerprint density at radius 2 is 1.77 bits per heavy atom. The molecule has 1 saturated heterocycles. The number of carbonyl (C=O) groups excluding carboxylic acids is 1. The van der Waals surface area contributed by atoms with Crippen LogP contribution in [0.4, 0.5) is 10.6 Å². The van der Waals surface area contributed by atoms with Crippen LogP contribution in [0.3, 0.4) is 0 Å².